The van der Waals surface area contributed by atoms with Crippen molar-refractivity contribution in [2.24, 2.45) is 7.05 Å². The Bertz CT molecular complexity index is 880. The molecule has 20 heavy (non-hydrogen) atoms. The molecule has 3 rings (SSSR count). The van der Waals surface area contributed by atoms with E-state index in [-0.39, 0.29) is 16.8 Å². The number of tetrazole rings is 1. The van der Waals surface area contributed by atoms with Gasteiger partial charge in [0.05, 0.1) is 7.05 Å². The Morgan fingerprint density at radius 2 is 2.15 bits per heavy atom. The van der Waals surface area contributed by atoms with Gasteiger partial charge in [-0.25, -0.2) is 9.71 Å². The van der Waals surface area contributed by atoms with Gasteiger partial charge in [0.15, 0.2) is 5.82 Å². The first-order valence-electron chi connectivity index (χ1n) is 5.47. The number of imidazole rings is 1. The van der Waals surface area contributed by atoms with Crippen LogP contribution in [0.5, 0.6) is 0 Å². The SMILES string of the molecule is Cn1nnc(NS(=O)(=O)c2c(N)nc3ccccn23)n1. The molecule has 3 aromatic rings. The average molecular weight is 294 g/mol. The van der Waals surface area contributed by atoms with Crippen LogP contribution in [0.25, 0.3) is 5.65 Å². The molecule has 0 fully saturated rings. The molecule has 104 valence electrons. The Labute approximate surface area is 113 Å². The minimum absolute atomic E-state index is 0.104. The summed E-state index contributed by atoms with van der Waals surface area (Å²) in [5.41, 5.74) is 6.11. The molecule has 0 aliphatic rings. The fraction of sp³-hybridized carbons (Fsp3) is 0.111. The maximum atomic E-state index is 12.3. The summed E-state index contributed by atoms with van der Waals surface area (Å²) < 4.78 is 28.2. The summed E-state index contributed by atoms with van der Waals surface area (Å²) in [4.78, 5) is 5.12. The van der Waals surface area contributed by atoms with E-state index in [1.165, 1.54) is 11.4 Å². The normalized spacial score (nSPS) is 11.8. The maximum Gasteiger partial charge on any atom is 0.284 e. The van der Waals surface area contributed by atoms with E-state index in [2.05, 4.69) is 25.1 Å². The molecule has 0 spiro atoms. The second-order valence-electron chi connectivity index (χ2n) is 3.94. The molecule has 0 aliphatic heterocycles. The number of nitrogens with two attached hydrogens (primary N) is 1. The van der Waals surface area contributed by atoms with Crippen LogP contribution in [0.3, 0.4) is 0 Å². The van der Waals surface area contributed by atoms with Crippen molar-refractivity contribution in [1.82, 2.24) is 29.6 Å². The number of nitrogens with one attached hydrogen (secondary N) is 1. The van der Waals surface area contributed by atoms with Gasteiger partial charge in [0.1, 0.15) is 5.65 Å². The number of rotatable bonds is 3. The lowest BCUT2D eigenvalue weighted by atomic mass is 10.5. The summed E-state index contributed by atoms with van der Waals surface area (Å²) in [5, 5.41) is 10.7. The Morgan fingerprint density at radius 1 is 1.35 bits per heavy atom. The van der Waals surface area contributed by atoms with Gasteiger partial charge in [0, 0.05) is 6.20 Å². The summed E-state index contributed by atoms with van der Waals surface area (Å²) in [7, 11) is -2.45. The van der Waals surface area contributed by atoms with Crippen LogP contribution in [-0.2, 0) is 17.1 Å². The van der Waals surface area contributed by atoms with Gasteiger partial charge in [0.2, 0.25) is 5.03 Å². The van der Waals surface area contributed by atoms with Gasteiger partial charge in [0.25, 0.3) is 16.0 Å². The number of aromatic nitrogens is 6. The van der Waals surface area contributed by atoms with Crippen molar-refractivity contribution in [3.8, 4) is 0 Å². The molecule has 0 aromatic carbocycles. The summed E-state index contributed by atoms with van der Waals surface area (Å²) in [6.45, 7) is 0. The van der Waals surface area contributed by atoms with Gasteiger partial charge >= 0.3 is 0 Å². The first-order chi connectivity index (χ1) is 9.47. The van der Waals surface area contributed by atoms with Gasteiger partial charge in [-0.2, -0.15) is 13.2 Å². The molecule has 0 radical (unpaired) electrons. The lowest BCUT2D eigenvalue weighted by Gasteiger charge is -2.04. The van der Waals surface area contributed by atoms with Gasteiger partial charge < -0.3 is 5.73 Å². The second kappa shape index (κ2) is 4.16. The Morgan fingerprint density at radius 3 is 2.85 bits per heavy atom. The second-order valence-corrected chi connectivity index (χ2v) is 5.54. The average Bonchev–Trinajstić information content (AvgIpc) is 2.91. The molecule has 3 aromatic heterocycles. The van der Waals surface area contributed by atoms with Crippen molar-refractivity contribution in [2.45, 2.75) is 5.03 Å². The number of anilines is 2. The number of hydrogen-bond acceptors (Lipinski definition) is 7. The summed E-state index contributed by atoms with van der Waals surface area (Å²) in [6, 6.07) is 5.06. The predicted molar refractivity (Wildman–Crippen MR) is 69.2 cm³/mol. The number of nitrogens with zero attached hydrogens (tertiary/aromatic N) is 6. The molecule has 0 saturated carbocycles. The third-order valence-corrected chi connectivity index (χ3v) is 3.87. The van der Waals surface area contributed by atoms with Crippen LogP contribution >= 0.6 is 0 Å². The zero-order valence-corrected chi connectivity index (χ0v) is 11.1. The standard InChI is InChI=1S/C9H10N8O2S/c1-16-13-9(12-15-16)14-20(18,19)8-7(10)11-6-4-2-3-5-17(6)8/h2-5H,10H2,1H3,(H,13,14). The number of aryl methyl sites for hydroxylation is 1. The van der Waals surface area contributed by atoms with E-state index in [4.69, 9.17) is 5.73 Å². The number of fused-ring (bicyclic) bond motifs is 1. The Hall–Kier alpha value is -2.69. The zero-order chi connectivity index (χ0) is 14.3. The van der Waals surface area contributed by atoms with Gasteiger partial charge in [-0.3, -0.25) is 4.40 Å². The highest BCUT2D eigenvalue weighted by Gasteiger charge is 2.25. The van der Waals surface area contributed by atoms with Crippen LogP contribution in [0.2, 0.25) is 0 Å². The zero-order valence-electron chi connectivity index (χ0n) is 10.3. The molecule has 0 amide bonds. The summed E-state index contributed by atoms with van der Waals surface area (Å²) >= 11 is 0. The van der Waals surface area contributed by atoms with Crippen LogP contribution in [0.15, 0.2) is 29.4 Å². The van der Waals surface area contributed by atoms with E-state index in [9.17, 15) is 8.42 Å². The molecule has 0 aliphatic carbocycles. The lowest BCUT2D eigenvalue weighted by molar-refractivity contribution is 0.596. The van der Waals surface area contributed by atoms with E-state index >= 15 is 0 Å². The molecule has 0 atom stereocenters. The minimum atomic E-state index is -3.97. The molecule has 3 heterocycles. The van der Waals surface area contributed by atoms with Gasteiger partial charge in [-0.05, 0) is 17.3 Å². The molecule has 0 bridgehead atoms. The van der Waals surface area contributed by atoms with E-state index in [1.807, 2.05) is 0 Å². The first kappa shape index (κ1) is 12.3. The molecule has 0 unspecified atom stereocenters. The predicted octanol–water partition coefficient (Wildman–Crippen LogP) is -0.759. The number of hydrogen-bond donors (Lipinski definition) is 2. The number of pyridine rings is 1. The molecule has 11 heteroatoms. The van der Waals surface area contributed by atoms with E-state index in [0.29, 0.717) is 5.65 Å². The van der Waals surface area contributed by atoms with E-state index in [1.54, 1.807) is 24.4 Å². The summed E-state index contributed by atoms with van der Waals surface area (Å²) in [6.07, 6.45) is 1.55. The van der Waals surface area contributed by atoms with Crippen molar-refractivity contribution >= 4 is 27.4 Å². The molecule has 0 saturated heterocycles. The highest BCUT2D eigenvalue weighted by Crippen LogP contribution is 2.21. The fourth-order valence-electron chi connectivity index (χ4n) is 1.75. The van der Waals surface area contributed by atoms with Crippen molar-refractivity contribution in [3.05, 3.63) is 24.4 Å². The van der Waals surface area contributed by atoms with Crippen LogP contribution in [-0.4, -0.2) is 38.0 Å². The molecular weight excluding hydrogens is 284 g/mol. The van der Waals surface area contributed by atoms with Crippen LogP contribution < -0.4 is 10.5 Å². The Kier molecular flexibility index (Phi) is 2.57. The highest BCUT2D eigenvalue weighted by molar-refractivity contribution is 7.92. The van der Waals surface area contributed by atoms with E-state index in [0.717, 1.165) is 4.80 Å². The largest absolute Gasteiger partial charge is 0.381 e. The van der Waals surface area contributed by atoms with Crippen LogP contribution in [0.1, 0.15) is 0 Å². The van der Waals surface area contributed by atoms with Gasteiger partial charge in [-0.1, -0.05) is 11.2 Å². The maximum absolute atomic E-state index is 12.3. The monoisotopic (exact) mass is 294 g/mol. The lowest BCUT2D eigenvalue weighted by Crippen LogP contribution is -2.17. The van der Waals surface area contributed by atoms with Gasteiger partial charge in [-0.15, -0.1) is 5.10 Å². The highest BCUT2D eigenvalue weighted by atomic mass is 32.2. The molecular formula is C9H10N8O2S. The fourth-order valence-corrected chi connectivity index (χ4v) is 2.91. The third kappa shape index (κ3) is 1.93. The van der Waals surface area contributed by atoms with Crippen LogP contribution in [0.4, 0.5) is 11.8 Å². The van der Waals surface area contributed by atoms with Crippen molar-refractivity contribution < 1.29 is 8.42 Å². The smallest absolute Gasteiger partial charge is 0.284 e. The van der Waals surface area contributed by atoms with Crippen molar-refractivity contribution in [2.75, 3.05) is 10.5 Å². The van der Waals surface area contributed by atoms with Crippen molar-refractivity contribution in [1.29, 1.82) is 0 Å². The Balaban J connectivity index is 2.11. The van der Waals surface area contributed by atoms with Crippen LogP contribution in [0, 0.1) is 0 Å². The quantitative estimate of drug-likeness (QED) is 0.648. The first-order valence-corrected chi connectivity index (χ1v) is 6.95. The third-order valence-electron chi connectivity index (χ3n) is 2.50. The topological polar surface area (TPSA) is 133 Å². The summed E-state index contributed by atoms with van der Waals surface area (Å²) in [5.74, 6) is -0.245. The van der Waals surface area contributed by atoms with Crippen molar-refractivity contribution in [3.63, 3.8) is 0 Å². The molecule has 10 nitrogen and oxygen atoms in total. The minimum Gasteiger partial charge on any atom is -0.381 e. The molecule has 3 N–H and O–H groups in total. The van der Waals surface area contributed by atoms with E-state index < -0.39 is 10.0 Å². The number of sulfonamides is 1. The number of nitrogen functional groups attached to an aromatic ring is 1.